The molecule has 2 aromatic rings. The van der Waals surface area contributed by atoms with Gasteiger partial charge in [-0.1, -0.05) is 41.9 Å². The number of rotatable bonds is 4. The Balaban J connectivity index is 1.84. The number of hydrogen-bond donors (Lipinski definition) is 2. The topological polar surface area (TPSA) is 49.3 Å². The van der Waals surface area contributed by atoms with E-state index < -0.39 is 0 Å². The van der Waals surface area contributed by atoms with Crippen LogP contribution in [0.15, 0.2) is 65.0 Å². The first-order chi connectivity index (χ1) is 10.2. The van der Waals surface area contributed by atoms with Gasteiger partial charge in [-0.05, 0) is 36.0 Å². The van der Waals surface area contributed by atoms with Crippen molar-refractivity contribution in [3.63, 3.8) is 0 Å². The molecule has 0 aliphatic rings. The van der Waals surface area contributed by atoms with Crippen molar-refractivity contribution < 1.29 is 0 Å². The Morgan fingerprint density at radius 3 is 2.71 bits per heavy atom. The van der Waals surface area contributed by atoms with Crippen molar-refractivity contribution in [3.8, 4) is 0 Å². The third-order valence-corrected chi connectivity index (χ3v) is 2.78. The molecule has 6 heteroatoms. The molecule has 21 heavy (non-hydrogen) atoms. The van der Waals surface area contributed by atoms with E-state index in [2.05, 4.69) is 20.8 Å². The molecule has 0 amide bonds. The second kappa shape index (κ2) is 8.14. The van der Waals surface area contributed by atoms with Gasteiger partial charge in [0.15, 0.2) is 5.11 Å². The van der Waals surface area contributed by atoms with Crippen molar-refractivity contribution in [1.82, 2.24) is 10.4 Å². The molecule has 0 radical (unpaired) electrons. The minimum Gasteiger partial charge on any atom is -0.330 e. The predicted octanol–water partition coefficient (Wildman–Crippen LogP) is 3.63. The number of hydrazone groups is 1. The molecule has 2 rings (SSSR count). The summed E-state index contributed by atoms with van der Waals surface area (Å²) in [5, 5.41) is 7.77. The molecule has 106 valence electrons. The second-order valence-electron chi connectivity index (χ2n) is 4.01. The van der Waals surface area contributed by atoms with Gasteiger partial charge < -0.3 is 5.32 Å². The first kappa shape index (κ1) is 15.2. The highest BCUT2D eigenvalue weighted by atomic mass is 35.5. The predicted molar refractivity (Wildman–Crippen MR) is 92.4 cm³/mol. The van der Waals surface area contributed by atoms with Gasteiger partial charge in [-0.3, -0.25) is 10.4 Å². The number of benzene rings is 1. The maximum atomic E-state index is 6.06. The number of anilines is 1. The molecule has 0 fully saturated rings. The maximum Gasteiger partial charge on any atom is 0.191 e. The zero-order chi connectivity index (χ0) is 14.9. The number of allylic oxidation sites excluding steroid dienone is 1. The Morgan fingerprint density at radius 1 is 1.19 bits per heavy atom. The van der Waals surface area contributed by atoms with Crippen molar-refractivity contribution in [3.05, 3.63) is 65.5 Å². The molecule has 0 aliphatic carbocycles. The Labute approximate surface area is 133 Å². The van der Waals surface area contributed by atoms with E-state index in [4.69, 9.17) is 23.8 Å². The highest BCUT2D eigenvalue weighted by Crippen LogP contribution is 2.07. The summed E-state index contributed by atoms with van der Waals surface area (Å²) in [5.74, 6) is 0. The van der Waals surface area contributed by atoms with Gasteiger partial charge >= 0.3 is 0 Å². The molecular formula is C15H13ClN4S. The van der Waals surface area contributed by atoms with E-state index in [0.29, 0.717) is 10.1 Å². The second-order valence-corrected chi connectivity index (χ2v) is 4.85. The molecule has 0 spiro atoms. The smallest absolute Gasteiger partial charge is 0.191 e. The fourth-order valence-corrected chi connectivity index (χ4v) is 1.84. The van der Waals surface area contributed by atoms with Gasteiger partial charge in [0.25, 0.3) is 0 Å². The Morgan fingerprint density at radius 2 is 2.00 bits per heavy atom. The summed E-state index contributed by atoms with van der Waals surface area (Å²) in [6, 6.07) is 13.4. The zero-order valence-electron chi connectivity index (χ0n) is 11.0. The number of nitrogens with one attached hydrogen (secondary N) is 2. The number of thiocarbonyl (C=S) groups is 1. The van der Waals surface area contributed by atoms with E-state index >= 15 is 0 Å². The van der Waals surface area contributed by atoms with E-state index in [1.54, 1.807) is 12.4 Å². The lowest BCUT2D eigenvalue weighted by Gasteiger charge is -2.05. The average Bonchev–Trinajstić information content (AvgIpc) is 2.49. The monoisotopic (exact) mass is 316 g/mol. The van der Waals surface area contributed by atoms with Gasteiger partial charge in [-0.25, -0.2) is 0 Å². The van der Waals surface area contributed by atoms with Crippen molar-refractivity contribution in [2.75, 3.05) is 5.32 Å². The molecule has 0 saturated heterocycles. The van der Waals surface area contributed by atoms with Gasteiger partial charge in [0.1, 0.15) is 0 Å². The number of pyridine rings is 1. The molecule has 0 unspecified atom stereocenters. The molecule has 0 bridgehead atoms. The Bertz CT molecular complexity index is 641. The van der Waals surface area contributed by atoms with Crippen LogP contribution in [0.2, 0.25) is 0 Å². The molecule has 1 aromatic carbocycles. The summed E-state index contributed by atoms with van der Waals surface area (Å²) in [7, 11) is 0. The molecular weight excluding hydrogens is 304 g/mol. The fourth-order valence-electron chi connectivity index (χ4n) is 1.49. The van der Waals surface area contributed by atoms with Crippen LogP contribution in [-0.4, -0.2) is 16.3 Å². The van der Waals surface area contributed by atoms with E-state index in [9.17, 15) is 0 Å². The van der Waals surface area contributed by atoms with Crippen LogP contribution in [0.3, 0.4) is 0 Å². The summed E-state index contributed by atoms with van der Waals surface area (Å²) >= 11 is 11.1. The summed E-state index contributed by atoms with van der Waals surface area (Å²) in [4.78, 5) is 3.97. The maximum absolute atomic E-state index is 6.06. The van der Waals surface area contributed by atoms with Gasteiger partial charge in [-0.2, -0.15) is 5.10 Å². The number of aromatic nitrogens is 1. The van der Waals surface area contributed by atoms with Gasteiger partial charge in [-0.15, -0.1) is 0 Å². The first-order valence-electron chi connectivity index (χ1n) is 6.16. The summed E-state index contributed by atoms with van der Waals surface area (Å²) in [6.07, 6.45) is 6.66. The van der Waals surface area contributed by atoms with Crippen LogP contribution in [0, 0.1) is 0 Å². The van der Waals surface area contributed by atoms with Crippen LogP contribution in [-0.2, 0) is 0 Å². The molecule has 0 atom stereocenters. The molecule has 4 nitrogen and oxygen atoms in total. The van der Waals surface area contributed by atoms with Gasteiger partial charge in [0.05, 0.1) is 23.1 Å². The van der Waals surface area contributed by atoms with Gasteiger partial charge in [0, 0.05) is 6.20 Å². The third-order valence-electron chi connectivity index (χ3n) is 2.38. The van der Waals surface area contributed by atoms with E-state index in [1.807, 2.05) is 48.5 Å². The van der Waals surface area contributed by atoms with Crippen LogP contribution in [0.25, 0.3) is 6.08 Å². The Hall–Kier alpha value is -2.24. The largest absolute Gasteiger partial charge is 0.330 e. The van der Waals surface area contributed by atoms with Crippen molar-refractivity contribution >= 4 is 46.9 Å². The van der Waals surface area contributed by atoms with Crippen LogP contribution in [0.1, 0.15) is 5.56 Å². The zero-order valence-corrected chi connectivity index (χ0v) is 12.6. The number of nitrogens with zero attached hydrogens (tertiary/aromatic N) is 2. The average molecular weight is 317 g/mol. The molecule has 1 aromatic heterocycles. The minimum atomic E-state index is 0.364. The molecule has 0 saturated carbocycles. The summed E-state index contributed by atoms with van der Waals surface area (Å²) in [6.45, 7) is 0. The number of halogens is 1. The molecule has 2 N–H and O–H groups in total. The highest BCUT2D eigenvalue weighted by molar-refractivity contribution is 7.80. The van der Waals surface area contributed by atoms with Crippen molar-refractivity contribution in [1.29, 1.82) is 0 Å². The lowest BCUT2D eigenvalue weighted by Crippen LogP contribution is -2.23. The fraction of sp³-hybridized carbons (Fsp3) is 0. The van der Waals surface area contributed by atoms with Gasteiger partial charge in [0.2, 0.25) is 0 Å². The van der Waals surface area contributed by atoms with Crippen LogP contribution < -0.4 is 10.7 Å². The molecule has 0 aliphatic heterocycles. The van der Waals surface area contributed by atoms with E-state index in [1.165, 1.54) is 6.21 Å². The third kappa shape index (κ3) is 5.72. The standard InChI is InChI=1S/C15H13ClN4S/c16-13(9-12-5-2-1-3-6-12)10-18-20-15(21)19-14-7-4-8-17-11-14/h1-11H,(H2,19,20,21)/b13-9+,18-10+. The normalized spacial score (nSPS) is 11.4. The SMILES string of the molecule is S=C(N/N=C/C(Cl)=C\c1ccccc1)Nc1cccnc1. The van der Waals surface area contributed by atoms with Crippen molar-refractivity contribution in [2.24, 2.45) is 5.10 Å². The minimum absolute atomic E-state index is 0.364. The lowest BCUT2D eigenvalue weighted by molar-refractivity contribution is 1.05. The molecule has 1 heterocycles. The number of hydrogen-bond acceptors (Lipinski definition) is 3. The first-order valence-corrected chi connectivity index (χ1v) is 6.95. The van der Waals surface area contributed by atoms with Crippen LogP contribution >= 0.6 is 23.8 Å². The van der Waals surface area contributed by atoms with Crippen LogP contribution in [0.4, 0.5) is 5.69 Å². The lowest BCUT2D eigenvalue weighted by atomic mass is 10.2. The Kier molecular flexibility index (Phi) is 5.87. The van der Waals surface area contributed by atoms with Crippen molar-refractivity contribution in [2.45, 2.75) is 0 Å². The summed E-state index contributed by atoms with van der Waals surface area (Å²) < 4.78 is 0. The van der Waals surface area contributed by atoms with Crippen LogP contribution in [0.5, 0.6) is 0 Å². The highest BCUT2D eigenvalue weighted by Gasteiger charge is 1.95. The van der Waals surface area contributed by atoms with E-state index in [-0.39, 0.29) is 0 Å². The quantitative estimate of drug-likeness (QED) is 0.514. The van der Waals surface area contributed by atoms with E-state index in [0.717, 1.165) is 11.3 Å². The summed E-state index contributed by atoms with van der Waals surface area (Å²) in [5.41, 5.74) is 4.48.